The first-order valence-corrected chi connectivity index (χ1v) is 5.26. The number of para-hydroxylation sites is 1. The van der Waals surface area contributed by atoms with Gasteiger partial charge < -0.3 is 5.73 Å². The summed E-state index contributed by atoms with van der Waals surface area (Å²) in [6.07, 6.45) is 5.04. The van der Waals surface area contributed by atoms with Crippen LogP contribution >= 0.6 is 0 Å². The van der Waals surface area contributed by atoms with Crippen LogP contribution in [0.15, 0.2) is 49.1 Å². The zero-order valence-electron chi connectivity index (χ0n) is 9.04. The molecule has 3 rings (SSSR count). The van der Waals surface area contributed by atoms with Crippen molar-refractivity contribution >= 4 is 16.7 Å². The number of nitrogens with zero attached hydrogens (tertiary/aromatic N) is 3. The van der Waals surface area contributed by atoms with Crippen molar-refractivity contribution in [3.63, 3.8) is 0 Å². The van der Waals surface area contributed by atoms with Gasteiger partial charge in [-0.2, -0.15) is 0 Å². The van der Waals surface area contributed by atoms with Gasteiger partial charge in [0.25, 0.3) is 0 Å². The van der Waals surface area contributed by atoms with Gasteiger partial charge in [0.15, 0.2) is 0 Å². The summed E-state index contributed by atoms with van der Waals surface area (Å²) in [5.41, 5.74) is 8.73. The van der Waals surface area contributed by atoms with Gasteiger partial charge in [-0.1, -0.05) is 18.2 Å². The average Bonchev–Trinajstić information content (AvgIpc) is 2.40. The van der Waals surface area contributed by atoms with E-state index in [4.69, 9.17) is 5.73 Å². The smallest absolute Gasteiger partial charge is 0.134 e. The number of hydrogen-bond donors (Lipinski definition) is 1. The third-order valence-corrected chi connectivity index (χ3v) is 2.67. The zero-order valence-corrected chi connectivity index (χ0v) is 9.04. The van der Waals surface area contributed by atoms with Crippen molar-refractivity contribution in [1.82, 2.24) is 15.0 Å². The maximum atomic E-state index is 5.84. The van der Waals surface area contributed by atoms with Crippen LogP contribution in [0.5, 0.6) is 0 Å². The Morgan fingerprint density at radius 2 is 1.94 bits per heavy atom. The number of rotatable bonds is 1. The van der Waals surface area contributed by atoms with Gasteiger partial charge in [-0.3, -0.25) is 4.98 Å². The second-order valence-corrected chi connectivity index (χ2v) is 3.70. The van der Waals surface area contributed by atoms with Crippen LogP contribution in [0, 0.1) is 0 Å². The van der Waals surface area contributed by atoms with E-state index in [0.717, 1.165) is 22.0 Å². The average molecular weight is 222 g/mol. The number of anilines is 1. The number of hydrogen-bond acceptors (Lipinski definition) is 4. The number of pyridine rings is 1. The van der Waals surface area contributed by atoms with Gasteiger partial charge in [0.1, 0.15) is 12.1 Å². The SMILES string of the molecule is Nc1ncnc2c(-c3cccnc3)cccc12. The number of fused-ring (bicyclic) bond motifs is 1. The van der Waals surface area contributed by atoms with Gasteiger partial charge >= 0.3 is 0 Å². The molecule has 0 amide bonds. The van der Waals surface area contributed by atoms with Crippen LogP contribution < -0.4 is 5.73 Å². The second-order valence-electron chi connectivity index (χ2n) is 3.70. The quantitative estimate of drug-likeness (QED) is 0.686. The first-order chi connectivity index (χ1) is 8.36. The lowest BCUT2D eigenvalue weighted by Gasteiger charge is -2.06. The Hall–Kier alpha value is -2.49. The van der Waals surface area contributed by atoms with Gasteiger partial charge in [-0.25, -0.2) is 9.97 Å². The minimum absolute atomic E-state index is 0.501. The van der Waals surface area contributed by atoms with Crippen molar-refractivity contribution in [2.45, 2.75) is 0 Å². The standard InChI is InChI=1S/C13H10N4/c14-13-11-5-1-4-10(12(11)16-8-17-13)9-3-2-6-15-7-9/h1-8H,(H2,14,16,17). The largest absolute Gasteiger partial charge is 0.383 e. The van der Waals surface area contributed by atoms with Gasteiger partial charge in [-0.15, -0.1) is 0 Å². The minimum Gasteiger partial charge on any atom is -0.383 e. The normalized spacial score (nSPS) is 10.6. The summed E-state index contributed by atoms with van der Waals surface area (Å²) in [5, 5.41) is 0.869. The highest BCUT2D eigenvalue weighted by atomic mass is 14.9. The van der Waals surface area contributed by atoms with Crippen molar-refractivity contribution in [3.05, 3.63) is 49.1 Å². The molecule has 82 valence electrons. The second kappa shape index (κ2) is 3.83. The summed E-state index contributed by atoms with van der Waals surface area (Å²) in [6.45, 7) is 0. The molecule has 0 spiro atoms. The summed E-state index contributed by atoms with van der Waals surface area (Å²) in [6, 6.07) is 9.78. The van der Waals surface area contributed by atoms with Crippen LogP contribution in [0.4, 0.5) is 5.82 Å². The predicted molar refractivity (Wildman–Crippen MR) is 67.2 cm³/mol. The van der Waals surface area contributed by atoms with Crippen LogP contribution in [0.25, 0.3) is 22.0 Å². The zero-order chi connectivity index (χ0) is 11.7. The molecule has 0 aliphatic heterocycles. The maximum absolute atomic E-state index is 5.84. The van der Waals surface area contributed by atoms with E-state index in [1.165, 1.54) is 6.33 Å². The molecule has 2 aromatic heterocycles. The lowest BCUT2D eigenvalue weighted by molar-refractivity contribution is 1.23. The Kier molecular flexibility index (Phi) is 2.19. The molecule has 2 heterocycles. The Morgan fingerprint density at radius 1 is 1.00 bits per heavy atom. The fourth-order valence-electron chi connectivity index (χ4n) is 1.86. The number of benzene rings is 1. The Labute approximate surface area is 98.2 Å². The maximum Gasteiger partial charge on any atom is 0.134 e. The van der Waals surface area contributed by atoms with Gasteiger partial charge in [0, 0.05) is 28.9 Å². The van der Waals surface area contributed by atoms with Crippen molar-refractivity contribution in [1.29, 1.82) is 0 Å². The van der Waals surface area contributed by atoms with Crippen LogP contribution in [0.1, 0.15) is 0 Å². The minimum atomic E-state index is 0.501. The van der Waals surface area contributed by atoms with E-state index in [0.29, 0.717) is 5.82 Å². The first kappa shape index (κ1) is 9.72. The van der Waals surface area contributed by atoms with E-state index >= 15 is 0 Å². The predicted octanol–water partition coefficient (Wildman–Crippen LogP) is 2.27. The third-order valence-electron chi connectivity index (χ3n) is 2.67. The summed E-state index contributed by atoms with van der Waals surface area (Å²) in [4.78, 5) is 12.4. The highest BCUT2D eigenvalue weighted by Crippen LogP contribution is 2.27. The Balaban J connectivity index is 2.35. The number of aromatic nitrogens is 3. The number of nitrogen functional groups attached to an aromatic ring is 1. The van der Waals surface area contributed by atoms with Gasteiger partial charge in [0.05, 0.1) is 5.52 Å². The fourth-order valence-corrected chi connectivity index (χ4v) is 1.86. The third kappa shape index (κ3) is 1.59. The van der Waals surface area contributed by atoms with Crippen LogP contribution in [-0.4, -0.2) is 15.0 Å². The molecule has 0 saturated heterocycles. The topological polar surface area (TPSA) is 64.7 Å². The summed E-state index contributed by atoms with van der Waals surface area (Å²) >= 11 is 0. The lowest BCUT2D eigenvalue weighted by atomic mass is 10.0. The molecule has 4 nitrogen and oxygen atoms in total. The van der Waals surface area contributed by atoms with E-state index in [1.807, 2.05) is 36.5 Å². The van der Waals surface area contributed by atoms with Crippen molar-refractivity contribution < 1.29 is 0 Å². The van der Waals surface area contributed by atoms with E-state index in [2.05, 4.69) is 15.0 Å². The highest BCUT2D eigenvalue weighted by Gasteiger charge is 2.06. The summed E-state index contributed by atoms with van der Waals surface area (Å²) < 4.78 is 0. The molecule has 0 saturated carbocycles. The van der Waals surface area contributed by atoms with E-state index in [1.54, 1.807) is 6.20 Å². The molecule has 17 heavy (non-hydrogen) atoms. The van der Waals surface area contributed by atoms with Gasteiger partial charge in [-0.05, 0) is 12.1 Å². The molecular formula is C13H10N4. The van der Waals surface area contributed by atoms with Crippen molar-refractivity contribution in [2.24, 2.45) is 0 Å². The Morgan fingerprint density at radius 3 is 2.76 bits per heavy atom. The van der Waals surface area contributed by atoms with E-state index in [9.17, 15) is 0 Å². The molecule has 2 N–H and O–H groups in total. The molecule has 3 aromatic rings. The molecule has 0 aliphatic carbocycles. The van der Waals surface area contributed by atoms with Crippen LogP contribution in [0.2, 0.25) is 0 Å². The highest BCUT2D eigenvalue weighted by molar-refractivity contribution is 5.98. The molecule has 0 aliphatic rings. The molecule has 4 heteroatoms. The lowest BCUT2D eigenvalue weighted by Crippen LogP contribution is -1.94. The molecular weight excluding hydrogens is 212 g/mol. The monoisotopic (exact) mass is 222 g/mol. The Bertz CT molecular complexity index is 665. The van der Waals surface area contributed by atoms with Crippen LogP contribution in [-0.2, 0) is 0 Å². The molecule has 1 aromatic carbocycles. The molecule has 0 atom stereocenters. The fraction of sp³-hybridized carbons (Fsp3) is 0. The summed E-state index contributed by atoms with van der Waals surface area (Å²) in [5.74, 6) is 0.501. The molecule has 0 radical (unpaired) electrons. The first-order valence-electron chi connectivity index (χ1n) is 5.26. The van der Waals surface area contributed by atoms with Crippen molar-refractivity contribution in [3.8, 4) is 11.1 Å². The molecule has 0 fully saturated rings. The van der Waals surface area contributed by atoms with Gasteiger partial charge in [0.2, 0.25) is 0 Å². The molecule has 0 unspecified atom stereocenters. The summed E-state index contributed by atoms with van der Waals surface area (Å²) in [7, 11) is 0. The van der Waals surface area contributed by atoms with Crippen molar-refractivity contribution in [2.75, 3.05) is 5.73 Å². The van der Waals surface area contributed by atoms with E-state index < -0.39 is 0 Å². The van der Waals surface area contributed by atoms with Crippen LogP contribution in [0.3, 0.4) is 0 Å². The number of nitrogens with two attached hydrogens (primary N) is 1. The molecule has 0 bridgehead atoms. The van der Waals surface area contributed by atoms with E-state index in [-0.39, 0.29) is 0 Å².